The van der Waals surface area contributed by atoms with E-state index in [4.69, 9.17) is 4.74 Å². The second-order valence-corrected chi connectivity index (χ2v) is 3.78. The van der Waals surface area contributed by atoms with Crippen molar-refractivity contribution in [1.82, 2.24) is 0 Å². The Morgan fingerprint density at radius 1 is 1.56 bits per heavy atom. The molecule has 88 valence electrons. The van der Waals surface area contributed by atoms with Gasteiger partial charge in [0.2, 0.25) is 0 Å². The van der Waals surface area contributed by atoms with Crippen molar-refractivity contribution in [2.75, 3.05) is 7.11 Å². The van der Waals surface area contributed by atoms with Crippen LogP contribution in [0.2, 0.25) is 0 Å². The summed E-state index contributed by atoms with van der Waals surface area (Å²) in [4.78, 5) is 11.8. The lowest BCUT2D eigenvalue weighted by Gasteiger charge is -2.20. The molecule has 1 aromatic carbocycles. The summed E-state index contributed by atoms with van der Waals surface area (Å²) in [5.41, 5.74) is -1.70. The number of benzene rings is 1. The Labute approximate surface area is 93.9 Å². The molecule has 0 radical (unpaired) electrons. The topological polar surface area (TPSA) is 46.5 Å². The number of hydrogen-bond donors (Lipinski definition) is 1. The van der Waals surface area contributed by atoms with Crippen LogP contribution in [-0.2, 0) is 0 Å². The zero-order valence-corrected chi connectivity index (χ0v) is 9.58. The zero-order chi connectivity index (χ0) is 12.3. The number of ketones is 1. The summed E-state index contributed by atoms with van der Waals surface area (Å²) in [6.45, 7) is 3.03. The third-order valence-electron chi connectivity index (χ3n) is 2.61. The van der Waals surface area contributed by atoms with Crippen molar-refractivity contribution in [2.45, 2.75) is 25.9 Å². The summed E-state index contributed by atoms with van der Waals surface area (Å²) in [6, 6.07) is 4.28. The van der Waals surface area contributed by atoms with E-state index in [0.29, 0.717) is 0 Å². The Balaban J connectivity index is 3.19. The Morgan fingerprint density at radius 3 is 2.69 bits per heavy atom. The van der Waals surface area contributed by atoms with Gasteiger partial charge in [0.15, 0.2) is 17.3 Å². The molecule has 0 spiro atoms. The quantitative estimate of drug-likeness (QED) is 0.800. The van der Waals surface area contributed by atoms with Gasteiger partial charge in [0, 0.05) is 0 Å². The van der Waals surface area contributed by atoms with E-state index in [0.717, 1.165) is 0 Å². The summed E-state index contributed by atoms with van der Waals surface area (Å²) in [7, 11) is 1.32. The average Bonchev–Trinajstić information content (AvgIpc) is 2.28. The van der Waals surface area contributed by atoms with Crippen molar-refractivity contribution in [2.24, 2.45) is 0 Å². The third kappa shape index (κ3) is 2.22. The second kappa shape index (κ2) is 4.61. The molecule has 1 aromatic rings. The van der Waals surface area contributed by atoms with Crippen LogP contribution in [0.15, 0.2) is 18.2 Å². The first kappa shape index (κ1) is 12.6. The first-order valence-electron chi connectivity index (χ1n) is 5.03. The van der Waals surface area contributed by atoms with Crippen LogP contribution in [0.25, 0.3) is 0 Å². The van der Waals surface area contributed by atoms with Crippen LogP contribution in [0, 0.1) is 5.82 Å². The molecule has 4 heteroatoms. The van der Waals surface area contributed by atoms with Gasteiger partial charge in [-0.1, -0.05) is 13.0 Å². The number of halogens is 1. The molecule has 1 rings (SSSR count). The molecular weight excluding hydrogens is 211 g/mol. The summed E-state index contributed by atoms with van der Waals surface area (Å²) in [5, 5.41) is 9.78. The molecule has 1 unspecified atom stereocenters. The Morgan fingerprint density at radius 2 is 2.19 bits per heavy atom. The highest BCUT2D eigenvalue weighted by molar-refractivity contribution is 6.02. The number of carbonyl (C=O) groups excluding carboxylic acids is 1. The van der Waals surface area contributed by atoms with Crippen molar-refractivity contribution in [3.8, 4) is 5.75 Å². The maximum Gasteiger partial charge on any atom is 0.197 e. The minimum Gasteiger partial charge on any atom is -0.494 e. The molecule has 0 saturated heterocycles. The van der Waals surface area contributed by atoms with Crippen LogP contribution < -0.4 is 4.74 Å². The molecule has 0 fully saturated rings. The van der Waals surface area contributed by atoms with E-state index in [1.54, 1.807) is 6.92 Å². The first-order valence-corrected chi connectivity index (χ1v) is 5.03. The number of rotatable bonds is 4. The van der Waals surface area contributed by atoms with Crippen LogP contribution in [0.5, 0.6) is 5.75 Å². The van der Waals surface area contributed by atoms with Crippen LogP contribution in [0.1, 0.15) is 30.6 Å². The molecule has 0 aliphatic rings. The number of methoxy groups -OCH3 is 1. The molecule has 16 heavy (non-hydrogen) atoms. The van der Waals surface area contributed by atoms with E-state index in [1.165, 1.54) is 32.2 Å². The summed E-state index contributed by atoms with van der Waals surface area (Å²) < 4.78 is 18.5. The summed E-state index contributed by atoms with van der Waals surface area (Å²) in [6.07, 6.45) is 0.225. The minimum absolute atomic E-state index is 0.00208. The van der Waals surface area contributed by atoms with Gasteiger partial charge in [-0.2, -0.15) is 0 Å². The molecule has 3 nitrogen and oxygen atoms in total. The van der Waals surface area contributed by atoms with Crippen LogP contribution in [0.4, 0.5) is 4.39 Å². The lowest BCUT2D eigenvalue weighted by molar-refractivity contribution is 0.0385. The molecular formula is C12H15FO3. The normalized spacial score (nSPS) is 14.3. The summed E-state index contributed by atoms with van der Waals surface area (Å²) in [5.74, 6) is -1.37. The van der Waals surface area contributed by atoms with Gasteiger partial charge in [-0.3, -0.25) is 4.79 Å². The SMILES string of the molecule is CCC(C)(O)C(=O)c1cccc(OC)c1F. The molecule has 0 saturated carbocycles. The van der Waals surface area contributed by atoms with E-state index in [9.17, 15) is 14.3 Å². The van der Waals surface area contributed by atoms with Gasteiger partial charge in [-0.25, -0.2) is 4.39 Å². The van der Waals surface area contributed by atoms with Crippen molar-refractivity contribution in [3.05, 3.63) is 29.6 Å². The van der Waals surface area contributed by atoms with Gasteiger partial charge in [0.25, 0.3) is 0 Å². The number of hydrogen-bond acceptors (Lipinski definition) is 3. The van der Waals surface area contributed by atoms with Gasteiger partial charge in [0.05, 0.1) is 12.7 Å². The fourth-order valence-electron chi connectivity index (χ4n) is 1.29. The van der Waals surface area contributed by atoms with Gasteiger partial charge in [-0.05, 0) is 25.5 Å². The predicted molar refractivity (Wildman–Crippen MR) is 58.2 cm³/mol. The van der Waals surface area contributed by atoms with E-state index in [-0.39, 0.29) is 17.7 Å². The maximum absolute atomic E-state index is 13.7. The monoisotopic (exact) mass is 226 g/mol. The van der Waals surface area contributed by atoms with E-state index >= 15 is 0 Å². The van der Waals surface area contributed by atoms with Crippen LogP contribution >= 0.6 is 0 Å². The van der Waals surface area contributed by atoms with Gasteiger partial charge in [-0.15, -0.1) is 0 Å². The number of carbonyl (C=O) groups is 1. The molecule has 1 N–H and O–H groups in total. The lowest BCUT2D eigenvalue weighted by Crippen LogP contribution is -2.34. The predicted octanol–water partition coefficient (Wildman–Crippen LogP) is 2.18. The van der Waals surface area contributed by atoms with Crippen molar-refractivity contribution in [1.29, 1.82) is 0 Å². The Bertz CT molecular complexity index is 399. The molecule has 0 heterocycles. The van der Waals surface area contributed by atoms with E-state index < -0.39 is 17.2 Å². The Hall–Kier alpha value is -1.42. The Kier molecular flexibility index (Phi) is 3.65. The van der Waals surface area contributed by atoms with Crippen molar-refractivity contribution < 1.29 is 19.0 Å². The molecule has 1 atom stereocenters. The fourth-order valence-corrected chi connectivity index (χ4v) is 1.29. The maximum atomic E-state index is 13.7. The van der Waals surface area contributed by atoms with E-state index in [2.05, 4.69) is 0 Å². The van der Waals surface area contributed by atoms with Crippen molar-refractivity contribution >= 4 is 5.78 Å². The molecule has 0 aliphatic heterocycles. The summed E-state index contributed by atoms with van der Waals surface area (Å²) >= 11 is 0. The van der Waals surface area contributed by atoms with Crippen LogP contribution in [0.3, 0.4) is 0 Å². The average molecular weight is 226 g/mol. The van der Waals surface area contributed by atoms with Gasteiger partial charge in [0.1, 0.15) is 5.60 Å². The number of aliphatic hydroxyl groups is 1. The highest BCUT2D eigenvalue weighted by Gasteiger charge is 2.31. The lowest BCUT2D eigenvalue weighted by atomic mass is 9.92. The second-order valence-electron chi connectivity index (χ2n) is 3.78. The highest BCUT2D eigenvalue weighted by Crippen LogP contribution is 2.24. The van der Waals surface area contributed by atoms with Crippen LogP contribution in [-0.4, -0.2) is 23.6 Å². The highest BCUT2D eigenvalue weighted by atomic mass is 19.1. The third-order valence-corrected chi connectivity index (χ3v) is 2.61. The van der Waals surface area contributed by atoms with Gasteiger partial charge >= 0.3 is 0 Å². The largest absolute Gasteiger partial charge is 0.494 e. The number of ether oxygens (including phenoxy) is 1. The smallest absolute Gasteiger partial charge is 0.197 e. The number of Topliss-reactive ketones (excluding diaryl/α,β-unsaturated/α-hetero) is 1. The van der Waals surface area contributed by atoms with Crippen molar-refractivity contribution in [3.63, 3.8) is 0 Å². The zero-order valence-electron chi connectivity index (χ0n) is 9.58. The van der Waals surface area contributed by atoms with Gasteiger partial charge < -0.3 is 9.84 Å². The standard InChI is InChI=1S/C12H15FO3/c1-4-12(2,15)11(14)8-6-5-7-9(16-3)10(8)13/h5-7,15H,4H2,1-3H3. The molecule has 0 aliphatic carbocycles. The molecule has 0 bridgehead atoms. The molecule has 0 aromatic heterocycles. The first-order chi connectivity index (χ1) is 7.44. The van der Waals surface area contributed by atoms with E-state index in [1.807, 2.05) is 0 Å². The molecule has 0 amide bonds. The fraction of sp³-hybridized carbons (Fsp3) is 0.417. The minimum atomic E-state index is -1.55.